The van der Waals surface area contributed by atoms with E-state index in [-0.39, 0.29) is 17.6 Å². The Labute approximate surface area is 152 Å². The van der Waals surface area contributed by atoms with Crippen molar-refractivity contribution in [1.29, 1.82) is 0 Å². The molecule has 4 rings (SSSR count). The maximum Gasteiger partial charge on any atom is 0.292 e. The van der Waals surface area contributed by atoms with Gasteiger partial charge in [-0.05, 0) is 44.7 Å². The van der Waals surface area contributed by atoms with Crippen LogP contribution in [-0.4, -0.2) is 41.5 Å². The summed E-state index contributed by atoms with van der Waals surface area (Å²) < 4.78 is 5.14. The van der Waals surface area contributed by atoms with E-state index in [1.54, 1.807) is 17.9 Å². The average Bonchev–Trinajstić information content (AvgIpc) is 3.11. The number of nitrogens with zero attached hydrogens (tertiary/aromatic N) is 3. The van der Waals surface area contributed by atoms with Gasteiger partial charge in [-0.15, -0.1) is 0 Å². The Bertz CT molecular complexity index is 813. The van der Waals surface area contributed by atoms with E-state index in [0.29, 0.717) is 18.8 Å². The van der Waals surface area contributed by atoms with E-state index in [9.17, 15) is 9.59 Å². The van der Waals surface area contributed by atoms with E-state index in [2.05, 4.69) is 5.16 Å². The number of para-hydroxylation sites is 1. The number of carbonyl (C=O) groups excluding carboxylic acids is 2. The van der Waals surface area contributed by atoms with Crippen LogP contribution in [0.1, 0.15) is 41.9 Å². The third kappa shape index (κ3) is 2.89. The van der Waals surface area contributed by atoms with Crippen molar-refractivity contribution in [2.24, 2.45) is 5.41 Å². The van der Waals surface area contributed by atoms with E-state index < -0.39 is 5.41 Å². The Morgan fingerprint density at radius 2 is 1.88 bits per heavy atom. The van der Waals surface area contributed by atoms with Gasteiger partial charge in [0.1, 0.15) is 0 Å². The van der Waals surface area contributed by atoms with Gasteiger partial charge in [0, 0.05) is 31.4 Å². The molecule has 2 saturated heterocycles. The number of benzene rings is 1. The van der Waals surface area contributed by atoms with Crippen LogP contribution in [0.2, 0.25) is 0 Å². The highest BCUT2D eigenvalue weighted by molar-refractivity contribution is 5.99. The molecule has 0 saturated carbocycles. The topological polar surface area (TPSA) is 66.7 Å². The van der Waals surface area contributed by atoms with E-state index in [4.69, 9.17) is 4.52 Å². The van der Waals surface area contributed by atoms with Gasteiger partial charge >= 0.3 is 0 Å². The molecule has 2 fully saturated rings. The van der Waals surface area contributed by atoms with Gasteiger partial charge in [-0.1, -0.05) is 23.4 Å². The molecule has 2 aliphatic rings. The van der Waals surface area contributed by atoms with Crippen LogP contribution in [-0.2, 0) is 4.79 Å². The molecule has 0 N–H and O–H groups in total. The molecular formula is C20H23N3O3. The highest BCUT2D eigenvalue weighted by Crippen LogP contribution is 2.41. The summed E-state index contributed by atoms with van der Waals surface area (Å²) in [7, 11) is 0. The molecule has 6 nitrogen and oxygen atoms in total. The van der Waals surface area contributed by atoms with Crippen LogP contribution in [0.5, 0.6) is 0 Å². The lowest BCUT2D eigenvalue weighted by molar-refractivity contribution is -0.133. The zero-order chi connectivity index (χ0) is 18.1. The summed E-state index contributed by atoms with van der Waals surface area (Å²) in [4.78, 5) is 29.8. The number of aromatic nitrogens is 1. The number of rotatable bonds is 2. The lowest BCUT2D eigenvalue weighted by Crippen LogP contribution is -2.57. The first-order chi connectivity index (χ1) is 12.6. The first-order valence-corrected chi connectivity index (χ1v) is 9.19. The third-order valence-electron chi connectivity index (χ3n) is 5.51. The SMILES string of the molecule is Cc1cc(C(=O)N2CCCC3(CCCN(c4ccccc4)C3=O)C2)on1. The van der Waals surface area contributed by atoms with Crippen molar-refractivity contribution in [2.45, 2.75) is 32.6 Å². The summed E-state index contributed by atoms with van der Waals surface area (Å²) in [5.41, 5.74) is 1.13. The Morgan fingerprint density at radius 3 is 2.58 bits per heavy atom. The smallest absolute Gasteiger partial charge is 0.292 e. The highest BCUT2D eigenvalue weighted by atomic mass is 16.5. The molecule has 1 unspecified atom stereocenters. The molecule has 1 aromatic carbocycles. The van der Waals surface area contributed by atoms with Crippen LogP contribution in [0.25, 0.3) is 0 Å². The summed E-state index contributed by atoms with van der Waals surface area (Å²) in [6, 6.07) is 11.5. The molecule has 1 aromatic heterocycles. The van der Waals surface area contributed by atoms with Crippen molar-refractivity contribution < 1.29 is 14.1 Å². The quantitative estimate of drug-likeness (QED) is 0.832. The number of piperidine rings is 2. The van der Waals surface area contributed by atoms with Gasteiger partial charge in [0.25, 0.3) is 5.91 Å². The van der Waals surface area contributed by atoms with Gasteiger partial charge in [-0.3, -0.25) is 9.59 Å². The monoisotopic (exact) mass is 353 g/mol. The van der Waals surface area contributed by atoms with Crippen LogP contribution in [0.15, 0.2) is 40.9 Å². The average molecular weight is 353 g/mol. The molecule has 2 aromatic rings. The Balaban J connectivity index is 1.57. The van der Waals surface area contributed by atoms with E-state index in [0.717, 1.165) is 37.9 Å². The van der Waals surface area contributed by atoms with E-state index in [1.807, 2.05) is 35.2 Å². The predicted molar refractivity (Wildman–Crippen MR) is 96.8 cm³/mol. The van der Waals surface area contributed by atoms with Crippen molar-refractivity contribution in [1.82, 2.24) is 10.1 Å². The van der Waals surface area contributed by atoms with Crippen LogP contribution >= 0.6 is 0 Å². The molecular weight excluding hydrogens is 330 g/mol. The Hall–Kier alpha value is -2.63. The fourth-order valence-corrected chi connectivity index (χ4v) is 4.23. The minimum absolute atomic E-state index is 0.140. The first-order valence-electron chi connectivity index (χ1n) is 9.19. The van der Waals surface area contributed by atoms with E-state index in [1.165, 1.54) is 0 Å². The molecule has 26 heavy (non-hydrogen) atoms. The summed E-state index contributed by atoms with van der Waals surface area (Å²) in [5.74, 6) is 0.221. The van der Waals surface area contributed by atoms with Crippen LogP contribution in [0, 0.1) is 12.3 Å². The fraction of sp³-hybridized carbons (Fsp3) is 0.450. The molecule has 2 amide bonds. The Kier molecular flexibility index (Phi) is 4.26. The molecule has 6 heteroatoms. The molecule has 0 bridgehead atoms. The molecule has 1 atom stereocenters. The Morgan fingerprint density at radius 1 is 1.15 bits per heavy atom. The number of hydrogen-bond acceptors (Lipinski definition) is 4. The number of amides is 2. The van der Waals surface area contributed by atoms with Crippen LogP contribution < -0.4 is 4.90 Å². The lowest BCUT2D eigenvalue weighted by Gasteiger charge is -2.47. The molecule has 0 aliphatic carbocycles. The molecule has 1 spiro atoms. The van der Waals surface area contributed by atoms with Gasteiger partial charge in [-0.25, -0.2) is 0 Å². The number of likely N-dealkylation sites (tertiary alicyclic amines) is 1. The summed E-state index contributed by atoms with van der Waals surface area (Å²) in [5, 5.41) is 3.81. The maximum atomic E-state index is 13.4. The van der Waals surface area contributed by atoms with Crippen molar-refractivity contribution in [3.8, 4) is 0 Å². The summed E-state index contributed by atoms with van der Waals surface area (Å²) in [6.45, 7) is 3.63. The van der Waals surface area contributed by atoms with Crippen LogP contribution in [0.4, 0.5) is 5.69 Å². The standard InChI is InChI=1S/C20H23N3O3/c1-15-13-17(26-21-15)18(24)22-11-5-9-20(14-22)10-6-12-23(19(20)25)16-7-3-2-4-8-16/h2-4,7-8,13H,5-6,9-12,14H2,1H3. The predicted octanol–water partition coefficient (Wildman–Crippen LogP) is 3.03. The zero-order valence-corrected chi connectivity index (χ0v) is 15.0. The highest BCUT2D eigenvalue weighted by Gasteiger charge is 2.48. The summed E-state index contributed by atoms with van der Waals surface area (Å²) in [6.07, 6.45) is 3.43. The van der Waals surface area contributed by atoms with Crippen molar-refractivity contribution in [2.75, 3.05) is 24.5 Å². The number of anilines is 1. The third-order valence-corrected chi connectivity index (χ3v) is 5.51. The van der Waals surface area contributed by atoms with Gasteiger partial charge in [0.15, 0.2) is 0 Å². The molecule has 2 aliphatic heterocycles. The minimum Gasteiger partial charge on any atom is -0.351 e. The van der Waals surface area contributed by atoms with Crippen molar-refractivity contribution >= 4 is 17.5 Å². The zero-order valence-electron chi connectivity index (χ0n) is 15.0. The number of hydrogen-bond donors (Lipinski definition) is 0. The molecule has 136 valence electrons. The second-order valence-corrected chi connectivity index (χ2v) is 7.34. The second-order valence-electron chi connectivity index (χ2n) is 7.34. The van der Waals surface area contributed by atoms with Crippen LogP contribution in [0.3, 0.4) is 0 Å². The number of aryl methyl sites for hydroxylation is 1. The van der Waals surface area contributed by atoms with Gasteiger partial charge in [-0.2, -0.15) is 0 Å². The van der Waals surface area contributed by atoms with Gasteiger partial charge in [0.2, 0.25) is 11.7 Å². The van der Waals surface area contributed by atoms with Gasteiger partial charge < -0.3 is 14.3 Å². The fourth-order valence-electron chi connectivity index (χ4n) is 4.23. The largest absolute Gasteiger partial charge is 0.351 e. The van der Waals surface area contributed by atoms with Crippen molar-refractivity contribution in [3.63, 3.8) is 0 Å². The van der Waals surface area contributed by atoms with Crippen molar-refractivity contribution in [3.05, 3.63) is 47.9 Å². The first kappa shape index (κ1) is 16.8. The molecule has 3 heterocycles. The molecule has 0 radical (unpaired) electrons. The maximum absolute atomic E-state index is 13.4. The second kappa shape index (κ2) is 6.59. The van der Waals surface area contributed by atoms with Gasteiger partial charge in [0.05, 0.1) is 11.1 Å². The summed E-state index contributed by atoms with van der Waals surface area (Å²) >= 11 is 0. The lowest BCUT2D eigenvalue weighted by atomic mass is 9.72. The normalized spacial score (nSPS) is 23.5. The number of carbonyl (C=O) groups is 2. The van der Waals surface area contributed by atoms with E-state index >= 15 is 0 Å². The minimum atomic E-state index is -0.489.